The SMILES string of the molecule is O=C(NC(CN1CCCC1)C(O)c1ccc2c(c1F)OCCO2)[C@@H]1CCN(c2ccc(Cl)cc2)C1. The minimum absolute atomic E-state index is 0.0217. The molecule has 9 heteroatoms. The molecule has 5 rings (SSSR count). The largest absolute Gasteiger partial charge is 0.486 e. The fourth-order valence-corrected chi connectivity index (χ4v) is 5.30. The predicted octanol–water partition coefficient (Wildman–Crippen LogP) is 3.39. The van der Waals surface area contributed by atoms with E-state index in [2.05, 4.69) is 15.1 Å². The van der Waals surface area contributed by atoms with Crippen LogP contribution < -0.4 is 19.7 Å². The van der Waals surface area contributed by atoms with Crippen LogP contribution >= 0.6 is 11.6 Å². The van der Waals surface area contributed by atoms with Crippen LogP contribution in [0.5, 0.6) is 11.5 Å². The lowest BCUT2D eigenvalue weighted by atomic mass is 9.98. The molecule has 0 radical (unpaired) electrons. The van der Waals surface area contributed by atoms with E-state index in [1.165, 1.54) is 6.07 Å². The molecular formula is C26H31ClFN3O4. The summed E-state index contributed by atoms with van der Waals surface area (Å²) in [6.45, 7) is 4.20. The highest BCUT2D eigenvalue weighted by molar-refractivity contribution is 6.30. The van der Waals surface area contributed by atoms with Crippen molar-refractivity contribution < 1.29 is 23.8 Å². The van der Waals surface area contributed by atoms with Gasteiger partial charge in [0.05, 0.1) is 12.0 Å². The van der Waals surface area contributed by atoms with E-state index in [-0.39, 0.29) is 29.7 Å². The standard InChI is InChI=1S/C26H31ClFN3O4/c27-18-3-5-19(6-4-18)31-12-9-17(15-31)26(33)29-21(16-30-10-1-2-11-30)24(32)20-7-8-22-25(23(20)28)35-14-13-34-22/h3-8,17,21,24,32H,1-2,9-16H2,(H,29,33)/t17-,21?,24?/m1/s1. The van der Waals surface area contributed by atoms with E-state index in [4.69, 9.17) is 21.1 Å². The van der Waals surface area contributed by atoms with Gasteiger partial charge >= 0.3 is 0 Å². The fraction of sp³-hybridized carbons (Fsp3) is 0.500. The monoisotopic (exact) mass is 503 g/mol. The van der Waals surface area contributed by atoms with Crippen LogP contribution in [0.3, 0.4) is 0 Å². The fourth-order valence-electron chi connectivity index (χ4n) is 5.17. The van der Waals surface area contributed by atoms with E-state index < -0.39 is 18.0 Å². The molecule has 3 atom stereocenters. The molecule has 2 saturated heterocycles. The summed E-state index contributed by atoms with van der Waals surface area (Å²) in [5.41, 5.74) is 1.13. The van der Waals surface area contributed by atoms with Gasteiger partial charge in [-0.3, -0.25) is 4.79 Å². The Kier molecular flexibility index (Phi) is 7.32. The number of aliphatic hydroxyl groups is 1. The number of benzene rings is 2. The third-order valence-corrected chi connectivity index (χ3v) is 7.36. The van der Waals surface area contributed by atoms with Crippen LogP contribution in [0, 0.1) is 11.7 Å². The van der Waals surface area contributed by atoms with Crippen LogP contribution in [0.15, 0.2) is 36.4 Å². The third kappa shape index (κ3) is 5.34. The highest BCUT2D eigenvalue weighted by atomic mass is 35.5. The van der Waals surface area contributed by atoms with E-state index >= 15 is 4.39 Å². The highest BCUT2D eigenvalue weighted by Gasteiger charge is 2.34. The van der Waals surface area contributed by atoms with E-state index in [1.54, 1.807) is 6.07 Å². The first kappa shape index (κ1) is 24.2. The Balaban J connectivity index is 1.31. The predicted molar refractivity (Wildman–Crippen MR) is 132 cm³/mol. The molecule has 0 spiro atoms. The molecule has 7 nitrogen and oxygen atoms in total. The van der Waals surface area contributed by atoms with Crippen LogP contribution in [0.25, 0.3) is 0 Å². The van der Waals surface area contributed by atoms with E-state index in [0.29, 0.717) is 36.9 Å². The zero-order valence-electron chi connectivity index (χ0n) is 19.6. The Morgan fingerprint density at radius 1 is 1.11 bits per heavy atom. The topological polar surface area (TPSA) is 74.3 Å². The van der Waals surface area contributed by atoms with Crippen molar-refractivity contribution in [1.82, 2.24) is 10.2 Å². The van der Waals surface area contributed by atoms with Crippen molar-refractivity contribution in [2.24, 2.45) is 5.92 Å². The average molecular weight is 504 g/mol. The lowest BCUT2D eigenvalue weighted by Crippen LogP contribution is -2.49. The number of anilines is 1. The summed E-state index contributed by atoms with van der Waals surface area (Å²) in [6.07, 6.45) is 1.64. The molecule has 2 fully saturated rings. The van der Waals surface area contributed by atoms with Crippen LogP contribution in [-0.2, 0) is 4.79 Å². The number of nitrogens with one attached hydrogen (secondary N) is 1. The number of hydrogen-bond donors (Lipinski definition) is 2. The van der Waals surface area contributed by atoms with E-state index in [1.807, 2.05) is 24.3 Å². The summed E-state index contributed by atoms with van der Waals surface area (Å²) in [5, 5.41) is 15.0. The number of carbonyl (C=O) groups excluding carboxylic acids is 1. The molecule has 0 aliphatic carbocycles. The third-order valence-electron chi connectivity index (χ3n) is 7.11. The summed E-state index contributed by atoms with van der Waals surface area (Å²) < 4.78 is 26.2. The number of halogens is 2. The van der Waals surface area contributed by atoms with Crippen LogP contribution in [0.2, 0.25) is 5.02 Å². The van der Waals surface area contributed by atoms with Gasteiger partial charge in [-0.25, -0.2) is 4.39 Å². The quantitative estimate of drug-likeness (QED) is 0.603. The molecule has 1 amide bonds. The second-order valence-corrected chi connectivity index (χ2v) is 9.91. The van der Waals surface area contributed by atoms with Crippen molar-refractivity contribution in [3.8, 4) is 11.5 Å². The number of nitrogens with zero attached hydrogens (tertiary/aromatic N) is 2. The van der Waals surface area contributed by atoms with Gasteiger partial charge in [0.25, 0.3) is 0 Å². The smallest absolute Gasteiger partial charge is 0.225 e. The van der Waals surface area contributed by atoms with Gasteiger partial charge in [0.1, 0.15) is 19.3 Å². The van der Waals surface area contributed by atoms with E-state index in [0.717, 1.165) is 38.2 Å². The maximum absolute atomic E-state index is 15.3. The molecule has 3 heterocycles. The number of amides is 1. The Morgan fingerprint density at radius 2 is 1.86 bits per heavy atom. The molecule has 0 bridgehead atoms. The van der Waals surface area contributed by atoms with Gasteiger partial charge in [0, 0.05) is 35.9 Å². The van der Waals surface area contributed by atoms with Crippen molar-refractivity contribution in [2.45, 2.75) is 31.4 Å². The number of hydrogen-bond acceptors (Lipinski definition) is 6. The first-order valence-corrected chi connectivity index (χ1v) is 12.7. The number of carbonyl (C=O) groups is 1. The molecule has 2 aromatic carbocycles. The lowest BCUT2D eigenvalue weighted by Gasteiger charge is -2.30. The van der Waals surface area contributed by atoms with Gasteiger partial charge in [-0.2, -0.15) is 0 Å². The Morgan fingerprint density at radius 3 is 2.63 bits per heavy atom. The van der Waals surface area contributed by atoms with Crippen molar-refractivity contribution >= 4 is 23.2 Å². The zero-order valence-corrected chi connectivity index (χ0v) is 20.3. The van der Waals surface area contributed by atoms with Crippen LogP contribution in [-0.4, -0.2) is 67.9 Å². The molecule has 2 unspecified atom stereocenters. The van der Waals surface area contributed by atoms with Gasteiger partial charge in [-0.1, -0.05) is 11.6 Å². The summed E-state index contributed by atoms with van der Waals surface area (Å²) in [7, 11) is 0. The number of ether oxygens (including phenoxy) is 2. The molecule has 2 N–H and O–H groups in total. The minimum Gasteiger partial charge on any atom is -0.486 e. The van der Waals surface area contributed by atoms with Crippen molar-refractivity contribution in [3.05, 3.63) is 52.8 Å². The molecule has 188 valence electrons. The molecular weight excluding hydrogens is 473 g/mol. The number of fused-ring (bicyclic) bond motifs is 1. The maximum Gasteiger partial charge on any atom is 0.225 e. The van der Waals surface area contributed by atoms with Crippen molar-refractivity contribution in [2.75, 3.05) is 50.8 Å². The van der Waals surface area contributed by atoms with Gasteiger partial charge < -0.3 is 29.7 Å². The van der Waals surface area contributed by atoms with Gasteiger partial charge in [0.2, 0.25) is 5.91 Å². The average Bonchev–Trinajstić information content (AvgIpc) is 3.57. The van der Waals surface area contributed by atoms with E-state index in [9.17, 15) is 9.90 Å². The molecule has 3 aliphatic heterocycles. The second-order valence-electron chi connectivity index (χ2n) is 9.47. The first-order valence-electron chi connectivity index (χ1n) is 12.3. The van der Waals surface area contributed by atoms with Gasteiger partial charge in [-0.05, 0) is 68.8 Å². The Labute approximate surface area is 209 Å². The summed E-state index contributed by atoms with van der Waals surface area (Å²) in [6, 6.07) is 10.1. The summed E-state index contributed by atoms with van der Waals surface area (Å²) >= 11 is 6.00. The maximum atomic E-state index is 15.3. The lowest BCUT2D eigenvalue weighted by molar-refractivity contribution is -0.126. The molecule has 2 aromatic rings. The van der Waals surface area contributed by atoms with Crippen molar-refractivity contribution in [1.29, 1.82) is 0 Å². The van der Waals surface area contributed by atoms with Crippen molar-refractivity contribution in [3.63, 3.8) is 0 Å². The Bertz CT molecular complexity index is 1050. The second kappa shape index (κ2) is 10.6. The summed E-state index contributed by atoms with van der Waals surface area (Å²) in [4.78, 5) is 17.7. The van der Waals surface area contributed by atoms with Crippen LogP contribution in [0.1, 0.15) is 30.9 Å². The minimum atomic E-state index is -1.22. The molecule has 0 aromatic heterocycles. The normalized spacial score (nSPS) is 21.7. The number of rotatable bonds is 7. The Hall–Kier alpha value is -2.55. The molecule has 0 saturated carbocycles. The summed E-state index contributed by atoms with van der Waals surface area (Å²) in [5.74, 6) is -0.622. The van der Waals surface area contributed by atoms with Gasteiger partial charge in [0.15, 0.2) is 17.3 Å². The first-order chi connectivity index (χ1) is 17.0. The van der Waals surface area contributed by atoms with Crippen LogP contribution in [0.4, 0.5) is 10.1 Å². The molecule has 3 aliphatic rings. The molecule has 35 heavy (non-hydrogen) atoms. The zero-order chi connectivity index (χ0) is 24.4. The highest BCUT2D eigenvalue weighted by Crippen LogP contribution is 2.37. The van der Waals surface area contributed by atoms with Gasteiger partial charge in [-0.15, -0.1) is 0 Å². The number of aliphatic hydroxyl groups excluding tert-OH is 1. The number of likely N-dealkylation sites (tertiary alicyclic amines) is 1.